The van der Waals surface area contributed by atoms with Gasteiger partial charge in [0.05, 0.1) is 5.41 Å². The minimum atomic E-state index is -4.05. The minimum absolute atomic E-state index is 0.0660. The summed E-state index contributed by atoms with van der Waals surface area (Å²) < 4.78 is 36.3. The molecule has 60 valence electrons. The molecule has 1 N–H and O–H groups in total. The Labute approximate surface area is 57.6 Å². The Bertz CT molecular complexity index is 123. The number of hydrogen-bond donors (Lipinski definition) is 1. The molecule has 0 aromatic carbocycles. The summed E-state index contributed by atoms with van der Waals surface area (Å²) in [5.41, 5.74) is -1.48. The average molecular weight is 153 g/mol. The number of nitrogens with one attached hydrogen (secondary N) is 1. The van der Waals surface area contributed by atoms with Gasteiger partial charge in [0, 0.05) is 6.54 Å². The Balaban J connectivity index is 2.67. The maximum atomic E-state index is 12.1. The summed E-state index contributed by atoms with van der Waals surface area (Å²) in [6, 6.07) is 0. The molecule has 1 fully saturated rings. The van der Waals surface area contributed by atoms with Crippen LogP contribution in [0.5, 0.6) is 0 Å². The molecule has 4 heteroatoms. The molecule has 1 aliphatic rings. The SMILES string of the molecule is C[C@@]1(C(F)(F)F)CCNC1. The van der Waals surface area contributed by atoms with Crippen molar-refractivity contribution in [2.45, 2.75) is 19.5 Å². The Morgan fingerprint density at radius 1 is 1.40 bits per heavy atom. The standard InChI is InChI=1S/C6H10F3N/c1-5(6(7,8)9)2-3-10-4-5/h10H,2-4H2,1H3/t5-/m1/s1. The quantitative estimate of drug-likeness (QED) is 0.556. The molecule has 0 saturated carbocycles. The third-order valence-corrected chi connectivity index (χ3v) is 2.05. The van der Waals surface area contributed by atoms with E-state index in [1.165, 1.54) is 6.92 Å². The van der Waals surface area contributed by atoms with Crippen LogP contribution in [0.25, 0.3) is 0 Å². The van der Waals surface area contributed by atoms with E-state index in [1.807, 2.05) is 0 Å². The van der Waals surface area contributed by atoms with Gasteiger partial charge >= 0.3 is 6.18 Å². The third-order valence-electron chi connectivity index (χ3n) is 2.05. The van der Waals surface area contributed by atoms with Gasteiger partial charge in [0.15, 0.2) is 0 Å². The number of rotatable bonds is 0. The van der Waals surface area contributed by atoms with Gasteiger partial charge < -0.3 is 5.32 Å². The van der Waals surface area contributed by atoms with Crippen LogP contribution in [-0.2, 0) is 0 Å². The monoisotopic (exact) mass is 153 g/mol. The van der Waals surface area contributed by atoms with Crippen LogP contribution in [0.2, 0.25) is 0 Å². The molecule has 1 aliphatic heterocycles. The molecule has 0 spiro atoms. The van der Waals surface area contributed by atoms with Gasteiger partial charge in [0.1, 0.15) is 0 Å². The van der Waals surface area contributed by atoms with E-state index in [0.717, 1.165) is 0 Å². The first-order valence-corrected chi connectivity index (χ1v) is 3.23. The second-order valence-electron chi connectivity index (χ2n) is 2.99. The molecular weight excluding hydrogens is 143 g/mol. The summed E-state index contributed by atoms with van der Waals surface area (Å²) in [5, 5.41) is 2.70. The van der Waals surface area contributed by atoms with Crippen LogP contribution in [0.3, 0.4) is 0 Å². The molecule has 1 rings (SSSR count). The van der Waals surface area contributed by atoms with Gasteiger partial charge in [-0.25, -0.2) is 0 Å². The second-order valence-corrected chi connectivity index (χ2v) is 2.99. The van der Waals surface area contributed by atoms with Crippen molar-refractivity contribution in [1.29, 1.82) is 0 Å². The smallest absolute Gasteiger partial charge is 0.316 e. The normalized spacial score (nSPS) is 34.8. The predicted molar refractivity (Wildman–Crippen MR) is 31.6 cm³/mol. The molecule has 0 radical (unpaired) electrons. The summed E-state index contributed by atoms with van der Waals surface area (Å²) in [6.07, 6.45) is -3.84. The molecule has 1 saturated heterocycles. The van der Waals surface area contributed by atoms with Crippen LogP contribution in [0.15, 0.2) is 0 Å². The van der Waals surface area contributed by atoms with E-state index in [4.69, 9.17) is 0 Å². The van der Waals surface area contributed by atoms with Gasteiger partial charge in [0.25, 0.3) is 0 Å². The maximum absolute atomic E-state index is 12.1. The fourth-order valence-corrected chi connectivity index (χ4v) is 1.06. The van der Waals surface area contributed by atoms with Crippen molar-refractivity contribution in [2.24, 2.45) is 5.41 Å². The minimum Gasteiger partial charge on any atom is -0.316 e. The number of halogens is 3. The fourth-order valence-electron chi connectivity index (χ4n) is 1.06. The molecule has 10 heavy (non-hydrogen) atoms. The Kier molecular flexibility index (Phi) is 1.66. The topological polar surface area (TPSA) is 12.0 Å². The van der Waals surface area contributed by atoms with Crippen LogP contribution >= 0.6 is 0 Å². The zero-order valence-electron chi connectivity index (χ0n) is 5.76. The first kappa shape index (κ1) is 7.85. The van der Waals surface area contributed by atoms with Crippen molar-refractivity contribution < 1.29 is 13.2 Å². The van der Waals surface area contributed by atoms with Gasteiger partial charge in [-0.1, -0.05) is 0 Å². The van der Waals surface area contributed by atoms with E-state index < -0.39 is 11.6 Å². The number of hydrogen-bond acceptors (Lipinski definition) is 1. The van der Waals surface area contributed by atoms with Crippen LogP contribution in [-0.4, -0.2) is 19.3 Å². The van der Waals surface area contributed by atoms with Gasteiger partial charge in [-0.2, -0.15) is 13.2 Å². The first-order valence-electron chi connectivity index (χ1n) is 3.23. The van der Waals surface area contributed by atoms with E-state index in [0.29, 0.717) is 6.54 Å². The molecule has 0 unspecified atom stereocenters. The van der Waals surface area contributed by atoms with Crippen molar-refractivity contribution in [1.82, 2.24) is 5.32 Å². The Morgan fingerprint density at radius 2 is 2.00 bits per heavy atom. The van der Waals surface area contributed by atoms with Gasteiger partial charge in [-0.3, -0.25) is 0 Å². The largest absolute Gasteiger partial charge is 0.395 e. The molecule has 1 heterocycles. The molecule has 0 aliphatic carbocycles. The van der Waals surface area contributed by atoms with Crippen molar-refractivity contribution in [3.05, 3.63) is 0 Å². The Hall–Kier alpha value is -0.250. The van der Waals surface area contributed by atoms with E-state index in [9.17, 15) is 13.2 Å². The summed E-state index contributed by atoms with van der Waals surface area (Å²) in [5.74, 6) is 0. The van der Waals surface area contributed by atoms with E-state index in [-0.39, 0.29) is 13.0 Å². The van der Waals surface area contributed by atoms with E-state index in [1.54, 1.807) is 0 Å². The van der Waals surface area contributed by atoms with Crippen molar-refractivity contribution >= 4 is 0 Å². The lowest BCUT2D eigenvalue weighted by atomic mass is 9.89. The zero-order chi connectivity index (χ0) is 7.83. The summed E-state index contributed by atoms with van der Waals surface area (Å²) >= 11 is 0. The molecule has 0 aromatic rings. The summed E-state index contributed by atoms with van der Waals surface area (Å²) in [4.78, 5) is 0. The highest BCUT2D eigenvalue weighted by Crippen LogP contribution is 2.41. The molecule has 1 nitrogen and oxygen atoms in total. The van der Waals surface area contributed by atoms with Crippen LogP contribution in [0.1, 0.15) is 13.3 Å². The molecule has 1 atom stereocenters. The van der Waals surface area contributed by atoms with E-state index >= 15 is 0 Å². The summed E-state index contributed by atoms with van der Waals surface area (Å²) in [7, 11) is 0. The number of alkyl halides is 3. The van der Waals surface area contributed by atoms with Gasteiger partial charge in [-0.15, -0.1) is 0 Å². The van der Waals surface area contributed by atoms with Crippen molar-refractivity contribution in [3.63, 3.8) is 0 Å². The lowest BCUT2D eigenvalue weighted by Crippen LogP contribution is -2.36. The highest BCUT2D eigenvalue weighted by atomic mass is 19.4. The van der Waals surface area contributed by atoms with Crippen LogP contribution in [0, 0.1) is 5.41 Å². The molecular formula is C6H10F3N. The Morgan fingerprint density at radius 3 is 2.20 bits per heavy atom. The molecule has 0 bridgehead atoms. The highest BCUT2D eigenvalue weighted by Gasteiger charge is 2.52. The lowest BCUT2D eigenvalue weighted by molar-refractivity contribution is -0.210. The van der Waals surface area contributed by atoms with Crippen molar-refractivity contribution in [3.8, 4) is 0 Å². The zero-order valence-corrected chi connectivity index (χ0v) is 5.76. The molecule has 0 aromatic heterocycles. The van der Waals surface area contributed by atoms with Gasteiger partial charge in [-0.05, 0) is 19.9 Å². The lowest BCUT2D eigenvalue weighted by Gasteiger charge is -2.25. The molecule has 0 amide bonds. The second kappa shape index (κ2) is 2.12. The van der Waals surface area contributed by atoms with Crippen molar-refractivity contribution in [2.75, 3.05) is 13.1 Å². The van der Waals surface area contributed by atoms with Crippen LogP contribution in [0.4, 0.5) is 13.2 Å². The summed E-state index contributed by atoms with van der Waals surface area (Å²) in [6.45, 7) is 1.81. The average Bonchev–Trinajstić information content (AvgIpc) is 2.13. The third kappa shape index (κ3) is 1.12. The van der Waals surface area contributed by atoms with Gasteiger partial charge in [0.2, 0.25) is 0 Å². The van der Waals surface area contributed by atoms with E-state index in [2.05, 4.69) is 5.32 Å². The maximum Gasteiger partial charge on any atom is 0.395 e. The highest BCUT2D eigenvalue weighted by molar-refractivity contribution is 4.89. The first-order chi connectivity index (χ1) is 4.46. The predicted octanol–water partition coefficient (Wildman–Crippen LogP) is 1.55. The van der Waals surface area contributed by atoms with Crippen LogP contribution < -0.4 is 5.32 Å². The fraction of sp³-hybridized carbons (Fsp3) is 1.00.